The van der Waals surface area contributed by atoms with E-state index in [2.05, 4.69) is 94.9 Å². The topological polar surface area (TPSA) is 90.5 Å². The van der Waals surface area contributed by atoms with E-state index in [0.717, 1.165) is 83.7 Å². The summed E-state index contributed by atoms with van der Waals surface area (Å²) in [6.45, 7) is 3.43. The summed E-state index contributed by atoms with van der Waals surface area (Å²) in [5, 5.41) is 9.86. The third-order valence-corrected chi connectivity index (χ3v) is 13.5. The average Bonchev–Trinajstić information content (AvgIpc) is 3.29. The van der Waals surface area contributed by atoms with Crippen LogP contribution in [0.25, 0.3) is 32.9 Å². The largest absolute Gasteiger partial charge is 0.371 e. The number of aromatic nitrogens is 2. The number of piperidine rings is 2. The molecule has 4 heterocycles. The predicted molar refractivity (Wildman–Crippen MR) is 255 cm³/mol. The summed E-state index contributed by atoms with van der Waals surface area (Å²) in [5.74, 6) is -0.354. The molecule has 2 saturated heterocycles. The number of carbonyl (C=O) groups excluding carboxylic acids is 2. The van der Waals surface area contributed by atoms with Crippen LogP contribution in [0, 0.1) is 0 Å². The zero-order valence-electron chi connectivity index (χ0n) is 32.9. The zero-order chi connectivity index (χ0) is 42.5. The van der Waals surface area contributed by atoms with Crippen molar-refractivity contribution < 1.29 is 9.59 Å². The number of benzene rings is 5. The first-order valence-electron chi connectivity index (χ1n) is 20.1. The van der Waals surface area contributed by atoms with Gasteiger partial charge < -0.3 is 20.4 Å². The third kappa shape index (κ3) is 9.77. The lowest BCUT2D eigenvalue weighted by atomic mass is 10.0. The smallest absolute Gasteiger partial charge is 0.253 e. The fourth-order valence-corrected chi connectivity index (χ4v) is 9.28. The quantitative estimate of drug-likeness (QED) is 0.165. The minimum Gasteiger partial charge on any atom is -0.371 e. The van der Waals surface area contributed by atoms with Gasteiger partial charge in [0.2, 0.25) is 0 Å². The Morgan fingerprint density at radius 2 is 1.08 bits per heavy atom. The molecule has 0 atom stereocenters. The number of fused-ring (bicyclic) bond motifs is 2. The fraction of sp³-hybridized carbons (Fsp3) is 0.208. The van der Waals surface area contributed by atoms with Crippen molar-refractivity contribution in [3.8, 4) is 11.1 Å². The molecule has 5 aromatic carbocycles. The van der Waals surface area contributed by atoms with E-state index in [4.69, 9.17) is 46.4 Å². The van der Waals surface area contributed by atoms with E-state index in [1.807, 2.05) is 42.7 Å². The van der Waals surface area contributed by atoms with E-state index in [0.29, 0.717) is 31.2 Å². The van der Waals surface area contributed by atoms with Gasteiger partial charge in [-0.1, -0.05) is 113 Å². The van der Waals surface area contributed by atoms with E-state index in [9.17, 15) is 9.59 Å². The van der Waals surface area contributed by atoms with Crippen LogP contribution in [0.2, 0.25) is 20.1 Å². The molecule has 7 aromatic rings. The molecule has 2 amide bonds. The highest BCUT2D eigenvalue weighted by atomic mass is 79.9. The number of hydrogen-bond donors (Lipinski definition) is 2. The van der Waals surface area contributed by atoms with Crippen molar-refractivity contribution in [2.75, 3.05) is 36.0 Å². The minimum absolute atomic E-state index is 0.0987. The van der Waals surface area contributed by atoms with E-state index in [1.54, 1.807) is 36.4 Å². The van der Waals surface area contributed by atoms with Crippen molar-refractivity contribution >= 4 is 107 Å². The lowest BCUT2D eigenvalue weighted by Crippen LogP contribution is -2.44. The highest BCUT2D eigenvalue weighted by Crippen LogP contribution is 2.34. The summed E-state index contributed by atoms with van der Waals surface area (Å²) in [6.07, 6.45) is 7.16. The Morgan fingerprint density at radius 1 is 0.557 bits per heavy atom. The maximum Gasteiger partial charge on any atom is 0.253 e. The summed E-state index contributed by atoms with van der Waals surface area (Å²) in [5.41, 5.74) is 7.49. The van der Waals surface area contributed by atoms with Gasteiger partial charge in [-0.25, -0.2) is 0 Å². The highest BCUT2D eigenvalue weighted by molar-refractivity contribution is 9.10. The maximum atomic E-state index is 12.7. The predicted octanol–water partition coefficient (Wildman–Crippen LogP) is 12.3. The van der Waals surface area contributed by atoms with Gasteiger partial charge in [0, 0.05) is 77.3 Å². The Balaban J connectivity index is 0.000000171. The second kappa shape index (κ2) is 19.4. The number of nitrogens with zero attached hydrogens (tertiary/aromatic N) is 4. The number of halogens is 5. The van der Waals surface area contributed by atoms with Gasteiger partial charge in [-0.15, -0.1) is 0 Å². The summed E-state index contributed by atoms with van der Waals surface area (Å²) in [7, 11) is 0. The van der Waals surface area contributed by atoms with Crippen LogP contribution in [0.15, 0.2) is 132 Å². The van der Waals surface area contributed by atoms with Crippen molar-refractivity contribution in [2.45, 2.75) is 37.8 Å². The second-order valence-corrected chi connectivity index (χ2v) is 17.5. The van der Waals surface area contributed by atoms with Gasteiger partial charge >= 0.3 is 0 Å². The number of nitrogens with one attached hydrogen (secondary N) is 2. The van der Waals surface area contributed by atoms with Gasteiger partial charge in [0.1, 0.15) is 0 Å². The molecule has 13 heteroatoms. The molecule has 0 aliphatic carbocycles. The number of para-hydroxylation sites is 1. The number of anilines is 2. The lowest BCUT2D eigenvalue weighted by Gasteiger charge is -2.34. The van der Waals surface area contributed by atoms with Crippen molar-refractivity contribution in [1.82, 2.24) is 20.6 Å². The number of carbonyl (C=O) groups is 2. The lowest BCUT2D eigenvalue weighted by molar-refractivity contribution is 0.0922. The molecule has 310 valence electrons. The molecule has 0 bridgehead atoms. The van der Waals surface area contributed by atoms with Crippen LogP contribution in [0.4, 0.5) is 11.4 Å². The highest BCUT2D eigenvalue weighted by Gasteiger charge is 2.25. The van der Waals surface area contributed by atoms with E-state index in [-0.39, 0.29) is 23.9 Å². The summed E-state index contributed by atoms with van der Waals surface area (Å²) in [6, 6.07) is 37.5. The van der Waals surface area contributed by atoms with E-state index < -0.39 is 0 Å². The third-order valence-electron chi connectivity index (χ3n) is 11.3. The molecule has 2 aliphatic heterocycles. The molecule has 0 radical (unpaired) electrons. The van der Waals surface area contributed by atoms with Gasteiger partial charge in [0.25, 0.3) is 11.8 Å². The normalized spacial score (nSPS) is 14.7. The number of pyridine rings is 2. The van der Waals surface area contributed by atoms with Crippen LogP contribution in [-0.4, -0.2) is 60.0 Å². The monoisotopic (exact) mass is 952 g/mol. The SMILES string of the molecule is O=C(NC1CCN(c2ccnc3c(Br)cccc23)CC1)c1cccc(Cl)c1Cl.O=C(NC1CCN(c2ccnc3cc(-c4ccccc4)ccc23)CC1)c1cccc(Cl)c1Cl. The van der Waals surface area contributed by atoms with Gasteiger partial charge in [-0.2, -0.15) is 0 Å². The Hall–Kier alpha value is -4.90. The van der Waals surface area contributed by atoms with Crippen molar-refractivity contribution in [3.05, 3.63) is 163 Å². The minimum atomic E-state index is -0.177. The first-order valence-corrected chi connectivity index (χ1v) is 22.4. The first-order chi connectivity index (χ1) is 29.6. The van der Waals surface area contributed by atoms with Crippen molar-refractivity contribution in [2.24, 2.45) is 0 Å². The van der Waals surface area contributed by atoms with Gasteiger partial charge in [0.15, 0.2) is 0 Å². The number of hydrogen-bond acceptors (Lipinski definition) is 6. The Labute approximate surface area is 383 Å². The molecule has 0 unspecified atom stereocenters. The molecule has 2 N–H and O–H groups in total. The van der Waals surface area contributed by atoms with Gasteiger partial charge in [0.05, 0.1) is 42.3 Å². The molecule has 2 fully saturated rings. The van der Waals surface area contributed by atoms with Gasteiger partial charge in [-0.3, -0.25) is 19.6 Å². The van der Waals surface area contributed by atoms with Crippen molar-refractivity contribution in [3.63, 3.8) is 0 Å². The molecule has 2 aromatic heterocycles. The summed E-state index contributed by atoms with van der Waals surface area (Å²) >= 11 is 28.0. The van der Waals surface area contributed by atoms with Gasteiger partial charge in [-0.05, 0) is 101 Å². The molecule has 0 spiro atoms. The molecular weight excluding hydrogens is 914 g/mol. The Kier molecular flexibility index (Phi) is 13.6. The van der Waals surface area contributed by atoms with E-state index >= 15 is 0 Å². The maximum absolute atomic E-state index is 12.7. The standard InChI is InChI=1S/C27H23Cl2N3O.C21H18BrCl2N3O/c28-23-8-4-7-22(26(23)29)27(33)31-20-12-15-32(16-13-20)25-11-14-30-24-17-19(9-10-21(24)25)18-5-2-1-3-6-18;22-16-5-1-3-14-18(7-10-25-20(14)16)27-11-8-13(9-12-27)26-21(28)15-4-2-6-17(23)19(15)24/h1-11,14,17,20H,12-13,15-16H2,(H,31,33);1-7,10,13H,8-9,11-12H2,(H,26,28). The zero-order valence-corrected chi connectivity index (χ0v) is 37.5. The average molecular weight is 956 g/mol. The first kappa shape index (κ1) is 42.8. The molecule has 9 rings (SSSR count). The van der Waals surface area contributed by atoms with Crippen LogP contribution in [-0.2, 0) is 0 Å². The number of rotatable bonds is 7. The fourth-order valence-electron chi connectivity index (χ4n) is 8.03. The van der Waals surface area contributed by atoms with Crippen LogP contribution in [0.1, 0.15) is 46.4 Å². The van der Waals surface area contributed by atoms with Crippen LogP contribution in [0.5, 0.6) is 0 Å². The van der Waals surface area contributed by atoms with Crippen LogP contribution < -0.4 is 20.4 Å². The second-order valence-electron chi connectivity index (χ2n) is 15.1. The molecule has 61 heavy (non-hydrogen) atoms. The molecular formula is C48H41BrCl4N6O2. The molecule has 0 saturated carbocycles. The van der Waals surface area contributed by atoms with Crippen molar-refractivity contribution in [1.29, 1.82) is 0 Å². The summed E-state index contributed by atoms with van der Waals surface area (Å²) in [4.78, 5) is 39.1. The van der Waals surface area contributed by atoms with Crippen LogP contribution in [0.3, 0.4) is 0 Å². The summed E-state index contributed by atoms with van der Waals surface area (Å²) < 4.78 is 0.993. The Morgan fingerprint density at radius 3 is 1.66 bits per heavy atom. The molecule has 8 nitrogen and oxygen atoms in total. The Bertz CT molecular complexity index is 2710. The molecule has 2 aliphatic rings. The van der Waals surface area contributed by atoms with E-state index in [1.165, 1.54) is 16.9 Å². The number of amides is 2. The van der Waals surface area contributed by atoms with Crippen LogP contribution >= 0.6 is 62.3 Å².